The van der Waals surface area contributed by atoms with E-state index in [1.807, 2.05) is 0 Å². The third-order valence-corrected chi connectivity index (χ3v) is 2.27. The maximum Gasteiger partial charge on any atom is 0.269 e. The van der Waals surface area contributed by atoms with Gasteiger partial charge in [0.15, 0.2) is 5.82 Å². The van der Waals surface area contributed by atoms with Crippen molar-refractivity contribution in [1.82, 2.24) is 15.2 Å². The van der Waals surface area contributed by atoms with E-state index in [1.54, 1.807) is 19.1 Å². The van der Waals surface area contributed by atoms with E-state index in [0.717, 1.165) is 0 Å². The van der Waals surface area contributed by atoms with Crippen LogP contribution in [0.5, 0.6) is 0 Å². The number of nitro benzene ring substituents is 1. The Hall–Kier alpha value is -2.28. The molecule has 0 saturated heterocycles. The lowest BCUT2D eigenvalue weighted by atomic mass is 10.2. The molecular weight excluding hydrogens is 222 g/mol. The van der Waals surface area contributed by atoms with Gasteiger partial charge >= 0.3 is 0 Å². The van der Waals surface area contributed by atoms with Gasteiger partial charge in [0.25, 0.3) is 5.69 Å². The smallest absolute Gasteiger partial charge is 0.269 e. The molecule has 0 fully saturated rings. The van der Waals surface area contributed by atoms with Crippen LogP contribution >= 0.6 is 0 Å². The Morgan fingerprint density at radius 1 is 1.41 bits per heavy atom. The van der Waals surface area contributed by atoms with Crippen LogP contribution in [0.1, 0.15) is 18.8 Å². The normalized spacial score (nSPS) is 12.4. The lowest BCUT2D eigenvalue weighted by Crippen LogP contribution is -2.06. The first kappa shape index (κ1) is 11.2. The van der Waals surface area contributed by atoms with Gasteiger partial charge in [-0.25, -0.2) is 4.98 Å². The number of rotatable bonds is 3. The van der Waals surface area contributed by atoms with Crippen LogP contribution in [0.25, 0.3) is 11.4 Å². The Kier molecular flexibility index (Phi) is 2.84. The van der Waals surface area contributed by atoms with E-state index >= 15 is 0 Å². The molecular formula is C10H11N5O2. The minimum atomic E-state index is -0.449. The highest BCUT2D eigenvalue weighted by Gasteiger charge is 2.10. The standard InChI is InChI=1S/C10H11N5O2/c1-6(11)9-12-10(14-13-9)7-2-4-8(5-3-7)15(16)17/h2-6H,11H2,1H3,(H,12,13,14)/t6-/m0/s1. The Labute approximate surface area is 96.8 Å². The van der Waals surface area contributed by atoms with E-state index in [-0.39, 0.29) is 11.7 Å². The summed E-state index contributed by atoms with van der Waals surface area (Å²) >= 11 is 0. The summed E-state index contributed by atoms with van der Waals surface area (Å²) in [4.78, 5) is 14.2. The van der Waals surface area contributed by atoms with Crippen molar-refractivity contribution >= 4 is 5.69 Å². The summed E-state index contributed by atoms with van der Waals surface area (Å²) in [5.74, 6) is 1.06. The van der Waals surface area contributed by atoms with E-state index in [1.165, 1.54) is 12.1 Å². The number of nitrogens with zero attached hydrogens (tertiary/aromatic N) is 3. The molecule has 17 heavy (non-hydrogen) atoms. The second kappa shape index (κ2) is 4.30. The molecule has 0 aliphatic heterocycles. The molecule has 1 aromatic carbocycles. The number of H-pyrrole nitrogens is 1. The topological polar surface area (TPSA) is 111 Å². The number of nitro groups is 1. The molecule has 0 aliphatic carbocycles. The molecule has 1 atom stereocenters. The van der Waals surface area contributed by atoms with E-state index in [0.29, 0.717) is 17.2 Å². The SMILES string of the molecule is C[C@H](N)c1nc(-c2ccc([N+](=O)[O-])cc2)n[nH]1. The quantitative estimate of drug-likeness (QED) is 0.614. The van der Waals surface area contributed by atoms with Crippen LogP contribution < -0.4 is 5.73 Å². The van der Waals surface area contributed by atoms with Crippen LogP contribution in [-0.4, -0.2) is 20.1 Å². The van der Waals surface area contributed by atoms with Gasteiger partial charge in [-0.3, -0.25) is 15.2 Å². The molecule has 0 aliphatic rings. The Balaban J connectivity index is 2.30. The van der Waals surface area contributed by atoms with E-state index < -0.39 is 4.92 Å². The molecule has 2 aromatic rings. The van der Waals surface area contributed by atoms with Gasteiger partial charge in [-0.2, -0.15) is 5.10 Å². The average Bonchev–Trinajstić information content (AvgIpc) is 2.78. The molecule has 88 valence electrons. The van der Waals surface area contributed by atoms with Gasteiger partial charge in [-0.15, -0.1) is 0 Å². The van der Waals surface area contributed by atoms with Gasteiger partial charge < -0.3 is 5.73 Å². The highest BCUT2D eigenvalue weighted by Crippen LogP contribution is 2.19. The van der Waals surface area contributed by atoms with Gasteiger partial charge in [-0.05, 0) is 19.1 Å². The third kappa shape index (κ3) is 2.28. The molecule has 7 nitrogen and oxygen atoms in total. The zero-order valence-electron chi connectivity index (χ0n) is 9.12. The lowest BCUT2D eigenvalue weighted by Gasteiger charge is -1.96. The van der Waals surface area contributed by atoms with Crippen LogP contribution in [0.2, 0.25) is 0 Å². The summed E-state index contributed by atoms with van der Waals surface area (Å²) in [5, 5.41) is 17.2. The monoisotopic (exact) mass is 233 g/mol. The summed E-state index contributed by atoms with van der Waals surface area (Å²) in [6.07, 6.45) is 0. The average molecular weight is 233 g/mol. The summed E-state index contributed by atoms with van der Waals surface area (Å²) in [5.41, 5.74) is 6.39. The van der Waals surface area contributed by atoms with Crippen LogP contribution in [0.15, 0.2) is 24.3 Å². The first-order valence-corrected chi connectivity index (χ1v) is 5.00. The molecule has 0 radical (unpaired) electrons. The number of non-ortho nitro benzene ring substituents is 1. The van der Waals surface area contributed by atoms with Crippen molar-refractivity contribution in [3.8, 4) is 11.4 Å². The predicted octanol–water partition coefficient (Wildman–Crippen LogP) is 1.40. The highest BCUT2D eigenvalue weighted by atomic mass is 16.6. The Morgan fingerprint density at radius 2 is 2.06 bits per heavy atom. The van der Waals surface area contributed by atoms with Gasteiger partial charge in [0.1, 0.15) is 5.82 Å². The Bertz CT molecular complexity index is 532. The van der Waals surface area contributed by atoms with Gasteiger partial charge in [-0.1, -0.05) is 0 Å². The van der Waals surface area contributed by atoms with Crippen molar-refractivity contribution < 1.29 is 4.92 Å². The Morgan fingerprint density at radius 3 is 2.53 bits per heavy atom. The zero-order valence-corrected chi connectivity index (χ0v) is 9.12. The molecule has 0 spiro atoms. The minimum absolute atomic E-state index is 0.0386. The first-order valence-electron chi connectivity index (χ1n) is 5.00. The van der Waals surface area contributed by atoms with Crippen LogP contribution in [0.4, 0.5) is 5.69 Å². The van der Waals surface area contributed by atoms with Crippen molar-refractivity contribution in [3.63, 3.8) is 0 Å². The number of aromatic nitrogens is 3. The molecule has 0 saturated carbocycles. The van der Waals surface area contributed by atoms with E-state index in [4.69, 9.17) is 5.73 Å². The second-order valence-corrected chi connectivity index (χ2v) is 3.64. The van der Waals surface area contributed by atoms with Crippen LogP contribution in [-0.2, 0) is 0 Å². The summed E-state index contributed by atoms with van der Waals surface area (Å²) in [6, 6.07) is 5.81. The van der Waals surface area contributed by atoms with Crippen LogP contribution in [0.3, 0.4) is 0 Å². The minimum Gasteiger partial charge on any atom is -0.322 e. The predicted molar refractivity (Wildman–Crippen MR) is 61.1 cm³/mol. The maximum absolute atomic E-state index is 10.5. The number of aromatic amines is 1. The van der Waals surface area contributed by atoms with Gasteiger partial charge in [0, 0.05) is 17.7 Å². The molecule has 0 bridgehead atoms. The number of hydrogen-bond acceptors (Lipinski definition) is 5. The van der Waals surface area contributed by atoms with Crippen molar-refractivity contribution in [3.05, 3.63) is 40.2 Å². The fourth-order valence-corrected chi connectivity index (χ4v) is 1.34. The molecule has 3 N–H and O–H groups in total. The number of benzene rings is 1. The number of nitrogens with one attached hydrogen (secondary N) is 1. The summed E-state index contributed by atoms with van der Waals surface area (Å²) in [6.45, 7) is 1.79. The van der Waals surface area contributed by atoms with Crippen molar-refractivity contribution in [2.24, 2.45) is 5.73 Å². The number of hydrogen-bond donors (Lipinski definition) is 2. The fraction of sp³-hybridized carbons (Fsp3) is 0.200. The number of nitrogens with two attached hydrogens (primary N) is 1. The summed E-state index contributed by atoms with van der Waals surface area (Å²) < 4.78 is 0. The maximum atomic E-state index is 10.5. The van der Waals surface area contributed by atoms with Crippen molar-refractivity contribution in [2.45, 2.75) is 13.0 Å². The third-order valence-electron chi connectivity index (χ3n) is 2.27. The molecule has 1 aromatic heterocycles. The van der Waals surface area contributed by atoms with E-state index in [9.17, 15) is 10.1 Å². The second-order valence-electron chi connectivity index (χ2n) is 3.64. The van der Waals surface area contributed by atoms with Crippen LogP contribution in [0, 0.1) is 10.1 Å². The summed E-state index contributed by atoms with van der Waals surface area (Å²) in [7, 11) is 0. The lowest BCUT2D eigenvalue weighted by molar-refractivity contribution is -0.384. The van der Waals surface area contributed by atoms with E-state index in [2.05, 4.69) is 15.2 Å². The van der Waals surface area contributed by atoms with Gasteiger partial charge in [0.2, 0.25) is 0 Å². The van der Waals surface area contributed by atoms with Gasteiger partial charge in [0.05, 0.1) is 11.0 Å². The highest BCUT2D eigenvalue weighted by molar-refractivity contribution is 5.56. The molecule has 7 heteroatoms. The largest absolute Gasteiger partial charge is 0.322 e. The molecule has 1 heterocycles. The zero-order chi connectivity index (χ0) is 12.4. The molecule has 0 unspecified atom stereocenters. The first-order chi connectivity index (χ1) is 8.08. The molecule has 0 amide bonds. The van der Waals surface area contributed by atoms with Crippen molar-refractivity contribution in [2.75, 3.05) is 0 Å². The molecule has 2 rings (SSSR count). The van der Waals surface area contributed by atoms with Crippen molar-refractivity contribution in [1.29, 1.82) is 0 Å². The fourth-order valence-electron chi connectivity index (χ4n) is 1.34.